The fraction of sp³-hybridized carbons (Fsp3) is 0.533. The summed E-state index contributed by atoms with van der Waals surface area (Å²) in [5, 5.41) is 10.9. The summed E-state index contributed by atoms with van der Waals surface area (Å²) in [7, 11) is 0. The van der Waals surface area contributed by atoms with Gasteiger partial charge >= 0.3 is 6.09 Å². The molecule has 0 heterocycles. The molecule has 21 heavy (non-hydrogen) atoms. The smallest absolute Gasteiger partial charge is 0.404 e. The molecule has 0 bridgehead atoms. The third-order valence-corrected chi connectivity index (χ3v) is 3.49. The Labute approximate surface area is 122 Å². The van der Waals surface area contributed by atoms with Crippen molar-refractivity contribution in [3.05, 3.63) is 29.3 Å². The van der Waals surface area contributed by atoms with Gasteiger partial charge in [0.25, 0.3) is 0 Å². The Hall–Kier alpha value is -1.85. The zero-order chi connectivity index (χ0) is 15.8. The Bertz CT molecular complexity index is 525. The molecule has 0 unspecified atom stereocenters. The number of carbonyl (C=O) groups is 1. The van der Waals surface area contributed by atoms with Crippen molar-refractivity contribution in [1.29, 1.82) is 0 Å². The highest BCUT2D eigenvalue weighted by Gasteiger charge is 2.32. The van der Waals surface area contributed by atoms with Crippen LogP contribution in [0.15, 0.2) is 12.1 Å². The predicted octanol–water partition coefficient (Wildman–Crippen LogP) is 3.44. The van der Waals surface area contributed by atoms with Gasteiger partial charge in [0.15, 0.2) is 0 Å². The standard InChI is InChI=1S/C15H19F2NO3/c1-15(2,3)13-11(16)6-10(7-12(13)17)21-9-4-8(5-9)18-14(19)20/h6-9,18H,4-5H2,1-3H3,(H,19,20). The molecule has 1 fully saturated rings. The van der Waals surface area contributed by atoms with Crippen molar-refractivity contribution in [2.45, 2.75) is 51.2 Å². The van der Waals surface area contributed by atoms with Crippen molar-refractivity contribution < 1.29 is 23.4 Å². The summed E-state index contributed by atoms with van der Waals surface area (Å²) in [6, 6.07) is 2.21. The predicted molar refractivity (Wildman–Crippen MR) is 73.7 cm³/mol. The summed E-state index contributed by atoms with van der Waals surface area (Å²) in [6.45, 7) is 5.22. The number of amides is 1. The Morgan fingerprint density at radius 2 is 1.81 bits per heavy atom. The van der Waals surface area contributed by atoms with Crippen LogP contribution in [0.3, 0.4) is 0 Å². The molecule has 1 aromatic carbocycles. The average Bonchev–Trinajstić information content (AvgIpc) is 2.22. The Balaban J connectivity index is 2.02. The van der Waals surface area contributed by atoms with E-state index in [-0.39, 0.29) is 23.5 Å². The summed E-state index contributed by atoms with van der Waals surface area (Å²) in [5.74, 6) is -1.12. The van der Waals surface area contributed by atoms with Crippen LogP contribution in [-0.2, 0) is 5.41 Å². The fourth-order valence-electron chi connectivity index (χ4n) is 2.48. The molecule has 4 nitrogen and oxygen atoms in total. The van der Waals surface area contributed by atoms with Gasteiger partial charge in [0.05, 0.1) is 0 Å². The molecule has 1 aromatic rings. The number of hydrogen-bond donors (Lipinski definition) is 2. The molecule has 1 saturated carbocycles. The Morgan fingerprint density at radius 1 is 1.29 bits per heavy atom. The highest BCUT2D eigenvalue weighted by molar-refractivity contribution is 5.65. The van der Waals surface area contributed by atoms with Crippen LogP contribution in [0.25, 0.3) is 0 Å². The normalized spacial score (nSPS) is 21.6. The van der Waals surface area contributed by atoms with Crippen LogP contribution in [0.2, 0.25) is 0 Å². The first-order chi connectivity index (χ1) is 9.66. The second-order valence-corrected chi connectivity index (χ2v) is 6.37. The first-order valence-corrected chi connectivity index (χ1v) is 6.82. The van der Waals surface area contributed by atoms with Crippen molar-refractivity contribution in [2.24, 2.45) is 0 Å². The second kappa shape index (κ2) is 5.50. The van der Waals surface area contributed by atoms with E-state index in [1.807, 2.05) is 0 Å². The van der Waals surface area contributed by atoms with Gasteiger partial charge in [-0.2, -0.15) is 0 Å². The molecule has 0 saturated heterocycles. The lowest BCUT2D eigenvalue weighted by Crippen LogP contribution is -2.48. The van der Waals surface area contributed by atoms with Gasteiger partial charge < -0.3 is 15.2 Å². The first kappa shape index (κ1) is 15.5. The van der Waals surface area contributed by atoms with Gasteiger partial charge in [-0.05, 0) is 5.41 Å². The number of halogens is 2. The van der Waals surface area contributed by atoms with Gasteiger partial charge in [0.2, 0.25) is 0 Å². The highest BCUT2D eigenvalue weighted by atomic mass is 19.1. The van der Waals surface area contributed by atoms with E-state index in [4.69, 9.17) is 9.84 Å². The lowest BCUT2D eigenvalue weighted by molar-refractivity contribution is 0.0827. The number of rotatable bonds is 3. The second-order valence-electron chi connectivity index (χ2n) is 6.37. The van der Waals surface area contributed by atoms with Crippen molar-refractivity contribution in [3.63, 3.8) is 0 Å². The van der Waals surface area contributed by atoms with Crippen LogP contribution in [-0.4, -0.2) is 23.3 Å². The third kappa shape index (κ3) is 3.62. The molecule has 2 rings (SSSR count). The largest absolute Gasteiger partial charge is 0.490 e. The van der Waals surface area contributed by atoms with Crippen molar-refractivity contribution in [3.8, 4) is 5.75 Å². The molecular weight excluding hydrogens is 280 g/mol. The number of ether oxygens (including phenoxy) is 1. The molecule has 116 valence electrons. The topological polar surface area (TPSA) is 58.6 Å². The van der Waals surface area contributed by atoms with Gasteiger partial charge in [-0.15, -0.1) is 0 Å². The molecule has 0 aromatic heterocycles. The summed E-state index contributed by atoms with van der Waals surface area (Å²) < 4.78 is 33.5. The number of benzene rings is 1. The van der Waals surface area contributed by atoms with E-state index in [1.54, 1.807) is 20.8 Å². The minimum Gasteiger partial charge on any atom is -0.490 e. The van der Waals surface area contributed by atoms with Crippen LogP contribution in [0.1, 0.15) is 39.2 Å². The molecule has 1 aliphatic carbocycles. The van der Waals surface area contributed by atoms with Crippen LogP contribution in [0.5, 0.6) is 5.75 Å². The van der Waals surface area contributed by atoms with Gasteiger partial charge in [-0.25, -0.2) is 13.6 Å². The lowest BCUT2D eigenvalue weighted by Gasteiger charge is -2.35. The number of carboxylic acid groups (broad SMARTS) is 1. The van der Waals surface area contributed by atoms with E-state index in [0.29, 0.717) is 12.8 Å². The van der Waals surface area contributed by atoms with Crippen LogP contribution in [0.4, 0.5) is 13.6 Å². The zero-order valence-electron chi connectivity index (χ0n) is 12.2. The molecule has 0 radical (unpaired) electrons. The Kier molecular flexibility index (Phi) is 4.07. The monoisotopic (exact) mass is 299 g/mol. The molecule has 2 N–H and O–H groups in total. The molecule has 1 amide bonds. The zero-order valence-corrected chi connectivity index (χ0v) is 12.2. The molecule has 0 spiro atoms. The van der Waals surface area contributed by atoms with Crippen molar-refractivity contribution >= 4 is 6.09 Å². The summed E-state index contributed by atoms with van der Waals surface area (Å²) >= 11 is 0. The van der Waals surface area contributed by atoms with Crippen molar-refractivity contribution in [2.75, 3.05) is 0 Å². The molecule has 1 aliphatic rings. The van der Waals surface area contributed by atoms with E-state index in [9.17, 15) is 13.6 Å². The molecule has 6 heteroatoms. The average molecular weight is 299 g/mol. The van der Waals surface area contributed by atoms with Gasteiger partial charge in [-0.3, -0.25) is 0 Å². The van der Waals surface area contributed by atoms with E-state index in [0.717, 1.165) is 0 Å². The van der Waals surface area contributed by atoms with Crippen LogP contribution in [0, 0.1) is 11.6 Å². The molecular formula is C15H19F2NO3. The van der Waals surface area contributed by atoms with Gasteiger partial charge in [0, 0.05) is 36.6 Å². The number of nitrogens with one attached hydrogen (secondary N) is 1. The minimum atomic E-state index is -1.08. The van der Waals surface area contributed by atoms with Crippen LogP contribution >= 0.6 is 0 Å². The van der Waals surface area contributed by atoms with Crippen LogP contribution < -0.4 is 10.1 Å². The van der Waals surface area contributed by atoms with Gasteiger partial charge in [0.1, 0.15) is 23.5 Å². The molecule has 0 aliphatic heterocycles. The maximum atomic E-state index is 14.0. The SMILES string of the molecule is CC(C)(C)c1c(F)cc(OC2CC(NC(=O)O)C2)cc1F. The van der Waals surface area contributed by atoms with E-state index in [2.05, 4.69) is 5.32 Å². The van der Waals surface area contributed by atoms with E-state index >= 15 is 0 Å². The first-order valence-electron chi connectivity index (χ1n) is 6.82. The highest BCUT2D eigenvalue weighted by Crippen LogP contribution is 2.33. The Morgan fingerprint density at radius 3 is 2.24 bits per heavy atom. The summed E-state index contributed by atoms with van der Waals surface area (Å²) in [6.07, 6.45) is -0.307. The quantitative estimate of drug-likeness (QED) is 0.899. The summed E-state index contributed by atoms with van der Waals surface area (Å²) in [4.78, 5) is 10.4. The minimum absolute atomic E-state index is 0.0360. The summed E-state index contributed by atoms with van der Waals surface area (Å²) in [5.41, 5.74) is -0.589. The van der Waals surface area contributed by atoms with E-state index < -0.39 is 23.1 Å². The van der Waals surface area contributed by atoms with Crippen molar-refractivity contribution in [1.82, 2.24) is 5.32 Å². The fourth-order valence-corrected chi connectivity index (χ4v) is 2.48. The number of hydrogen-bond acceptors (Lipinski definition) is 2. The molecule has 0 atom stereocenters. The third-order valence-electron chi connectivity index (χ3n) is 3.49. The lowest BCUT2D eigenvalue weighted by atomic mass is 9.86. The maximum absolute atomic E-state index is 14.0. The maximum Gasteiger partial charge on any atom is 0.404 e. The van der Waals surface area contributed by atoms with E-state index in [1.165, 1.54) is 12.1 Å². The van der Waals surface area contributed by atoms with Gasteiger partial charge in [-0.1, -0.05) is 20.8 Å².